The largest absolute Gasteiger partial charge is 0.444 e. The molecule has 0 radical (unpaired) electrons. The van der Waals surface area contributed by atoms with E-state index in [4.69, 9.17) is 4.74 Å². The molecule has 1 unspecified atom stereocenters. The first kappa shape index (κ1) is 19.1. The molecule has 1 fully saturated rings. The number of likely N-dealkylation sites (tertiary alicyclic amines) is 1. The van der Waals surface area contributed by atoms with Crippen LogP contribution < -0.4 is 5.32 Å². The lowest BCUT2D eigenvalue weighted by Crippen LogP contribution is -2.47. The van der Waals surface area contributed by atoms with Crippen LogP contribution in [-0.2, 0) is 16.0 Å². The van der Waals surface area contributed by atoms with Gasteiger partial charge in [-0.15, -0.1) is 10.2 Å². The summed E-state index contributed by atoms with van der Waals surface area (Å²) in [6.07, 6.45) is 3.73. The molecule has 2 aromatic rings. The van der Waals surface area contributed by atoms with Crippen LogP contribution >= 0.6 is 0 Å². The molecule has 1 saturated heterocycles. The number of hydrogen-bond acceptors (Lipinski definition) is 5. The Hall–Kier alpha value is -2.64. The summed E-state index contributed by atoms with van der Waals surface area (Å²) in [4.78, 5) is 26.4. The highest BCUT2D eigenvalue weighted by Crippen LogP contribution is 2.19. The Balaban J connectivity index is 1.49. The number of carbonyl (C=O) groups is 2. The maximum Gasteiger partial charge on any atom is 0.410 e. The van der Waals surface area contributed by atoms with E-state index in [1.165, 1.54) is 0 Å². The van der Waals surface area contributed by atoms with Gasteiger partial charge in [0.25, 0.3) is 0 Å². The highest BCUT2D eigenvalue weighted by atomic mass is 16.6. The summed E-state index contributed by atoms with van der Waals surface area (Å²) >= 11 is 0. The van der Waals surface area contributed by atoms with Crippen molar-refractivity contribution in [3.63, 3.8) is 0 Å². The van der Waals surface area contributed by atoms with Gasteiger partial charge in [-0.3, -0.25) is 9.20 Å². The van der Waals surface area contributed by atoms with Gasteiger partial charge in [-0.25, -0.2) is 4.79 Å². The van der Waals surface area contributed by atoms with E-state index in [9.17, 15) is 9.59 Å². The lowest BCUT2D eigenvalue weighted by atomic mass is 9.97. The van der Waals surface area contributed by atoms with Crippen LogP contribution in [0.25, 0.3) is 5.65 Å². The second-order valence-corrected chi connectivity index (χ2v) is 7.85. The smallest absolute Gasteiger partial charge is 0.410 e. The average Bonchev–Trinajstić information content (AvgIpc) is 3.04. The van der Waals surface area contributed by atoms with E-state index in [0.29, 0.717) is 26.1 Å². The molecule has 0 aromatic carbocycles. The van der Waals surface area contributed by atoms with Crippen LogP contribution in [0.2, 0.25) is 0 Å². The van der Waals surface area contributed by atoms with Gasteiger partial charge in [0.05, 0.1) is 5.92 Å². The average molecular weight is 373 g/mol. The molecule has 0 saturated carbocycles. The molecule has 0 aliphatic carbocycles. The summed E-state index contributed by atoms with van der Waals surface area (Å²) in [5.41, 5.74) is 0.256. The molecule has 1 N–H and O–H groups in total. The number of nitrogens with zero attached hydrogens (tertiary/aromatic N) is 4. The Morgan fingerprint density at radius 2 is 2.11 bits per heavy atom. The SMILES string of the molecule is CC(C)(C)OC(=O)N1CCCC(C(=O)NCCc2nnc3ccccn23)C1. The summed E-state index contributed by atoms with van der Waals surface area (Å²) in [6, 6.07) is 5.73. The summed E-state index contributed by atoms with van der Waals surface area (Å²) in [6.45, 7) is 7.03. The molecule has 3 rings (SSSR count). The number of fused-ring (bicyclic) bond motifs is 1. The summed E-state index contributed by atoms with van der Waals surface area (Å²) < 4.78 is 7.33. The Bertz CT molecular complexity index is 811. The minimum Gasteiger partial charge on any atom is -0.444 e. The zero-order valence-electron chi connectivity index (χ0n) is 16.1. The third-order valence-electron chi connectivity index (χ3n) is 4.48. The van der Waals surface area contributed by atoms with E-state index >= 15 is 0 Å². The molecule has 8 heteroatoms. The van der Waals surface area contributed by atoms with Crippen molar-refractivity contribution >= 4 is 17.6 Å². The first-order chi connectivity index (χ1) is 12.8. The molecule has 2 amide bonds. The molecule has 27 heavy (non-hydrogen) atoms. The van der Waals surface area contributed by atoms with E-state index in [1.807, 2.05) is 49.6 Å². The van der Waals surface area contributed by atoms with Gasteiger partial charge < -0.3 is 15.0 Å². The van der Waals surface area contributed by atoms with Gasteiger partial charge in [0, 0.05) is 32.3 Å². The molecule has 2 aromatic heterocycles. The molecule has 1 aliphatic heterocycles. The number of nitrogens with one attached hydrogen (secondary N) is 1. The minimum absolute atomic E-state index is 0.0305. The van der Waals surface area contributed by atoms with E-state index in [-0.39, 0.29) is 17.9 Å². The van der Waals surface area contributed by atoms with Crippen LogP contribution in [0.3, 0.4) is 0 Å². The molecule has 1 atom stereocenters. The van der Waals surface area contributed by atoms with E-state index in [1.54, 1.807) is 4.90 Å². The van der Waals surface area contributed by atoms with Gasteiger partial charge >= 0.3 is 6.09 Å². The number of piperidine rings is 1. The van der Waals surface area contributed by atoms with Gasteiger partial charge in [-0.1, -0.05) is 6.07 Å². The van der Waals surface area contributed by atoms with Crippen molar-refractivity contribution in [2.24, 2.45) is 5.92 Å². The lowest BCUT2D eigenvalue weighted by molar-refractivity contribution is -0.126. The lowest BCUT2D eigenvalue weighted by Gasteiger charge is -2.33. The zero-order chi connectivity index (χ0) is 19.4. The summed E-state index contributed by atoms with van der Waals surface area (Å²) in [5.74, 6) is 0.573. The Morgan fingerprint density at radius 1 is 1.30 bits per heavy atom. The zero-order valence-corrected chi connectivity index (χ0v) is 16.1. The third kappa shape index (κ3) is 4.96. The predicted octanol–water partition coefficient (Wildman–Crippen LogP) is 2.04. The Morgan fingerprint density at radius 3 is 2.89 bits per heavy atom. The molecule has 146 valence electrons. The molecule has 1 aliphatic rings. The van der Waals surface area contributed by atoms with E-state index < -0.39 is 5.60 Å². The fourth-order valence-electron chi connectivity index (χ4n) is 3.19. The Labute approximate surface area is 158 Å². The van der Waals surface area contributed by atoms with Crippen molar-refractivity contribution in [3.8, 4) is 0 Å². The second kappa shape index (κ2) is 7.94. The van der Waals surface area contributed by atoms with Crippen LogP contribution in [0, 0.1) is 5.92 Å². The van der Waals surface area contributed by atoms with Gasteiger partial charge in [0.1, 0.15) is 11.4 Å². The van der Waals surface area contributed by atoms with Crippen LogP contribution in [0.1, 0.15) is 39.4 Å². The summed E-state index contributed by atoms with van der Waals surface area (Å²) in [7, 11) is 0. The molecule has 0 bridgehead atoms. The quantitative estimate of drug-likeness (QED) is 0.886. The van der Waals surface area contributed by atoms with Crippen LogP contribution in [0.5, 0.6) is 0 Å². The fourth-order valence-corrected chi connectivity index (χ4v) is 3.19. The number of rotatable bonds is 4. The molecule has 3 heterocycles. The van der Waals surface area contributed by atoms with Crippen LogP contribution in [0.4, 0.5) is 4.79 Å². The minimum atomic E-state index is -0.534. The number of amides is 2. The number of aromatic nitrogens is 3. The number of hydrogen-bond donors (Lipinski definition) is 1. The Kier molecular flexibility index (Phi) is 5.62. The van der Waals surface area contributed by atoms with Crippen molar-refractivity contribution < 1.29 is 14.3 Å². The normalized spacial score (nSPS) is 17.7. The fraction of sp³-hybridized carbons (Fsp3) is 0.579. The summed E-state index contributed by atoms with van der Waals surface area (Å²) in [5, 5.41) is 11.2. The standard InChI is InChI=1S/C19H27N5O3/c1-19(2,3)27-18(26)23-11-6-7-14(13-23)17(25)20-10-9-16-22-21-15-8-4-5-12-24(15)16/h4-5,8,12,14H,6-7,9-11,13H2,1-3H3,(H,20,25). The van der Waals surface area contributed by atoms with Gasteiger partial charge in [-0.2, -0.15) is 0 Å². The first-order valence-corrected chi connectivity index (χ1v) is 9.38. The van der Waals surface area contributed by atoms with Crippen LogP contribution in [-0.4, -0.2) is 56.7 Å². The number of carbonyl (C=O) groups excluding carboxylic acids is 2. The maximum atomic E-state index is 12.5. The topological polar surface area (TPSA) is 88.8 Å². The van der Waals surface area contributed by atoms with Crippen molar-refractivity contribution in [1.82, 2.24) is 24.8 Å². The third-order valence-corrected chi connectivity index (χ3v) is 4.48. The highest BCUT2D eigenvalue weighted by molar-refractivity contribution is 5.80. The molecule has 0 spiro atoms. The van der Waals surface area contributed by atoms with Crippen molar-refractivity contribution in [2.45, 2.75) is 45.6 Å². The van der Waals surface area contributed by atoms with Crippen molar-refractivity contribution in [1.29, 1.82) is 0 Å². The van der Waals surface area contributed by atoms with Gasteiger partial charge in [0.15, 0.2) is 5.65 Å². The van der Waals surface area contributed by atoms with Crippen molar-refractivity contribution in [2.75, 3.05) is 19.6 Å². The molecular formula is C19H27N5O3. The second-order valence-electron chi connectivity index (χ2n) is 7.85. The highest BCUT2D eigenvalue weighted by Gasteiger charge is 2.30. The van der Waals surface area contributed by atoms with Gasteiger partial charge in [-0.05, 0) is 45.7 Å². The maximum absolute atomic E-state index is 12.5. The predicted molar refractivity (Wildman–Crippen MR) is 100 cm³/mol. The van der Waals surface area contributed by atoms with E-state index in [2.05, 4.69) is 15.5 Å². The first-order valence-electron chi connectivity index (χ1n) is 9.38. The van der Waals surface area contributed by atoms with E-state index in [0.717, 1.165) is 24.3 Å². The van der Waals surface area contributed by atoms with Crippen LogP contribution in [0.15, 0.2) is 24.4 Å². The number of ether oxygens (including phenoxy) is 1. The molecule has 8 nitrogen and oxygen atoms in total. The van der Waals surface area contributed by atoms with Crippen molar-refractivity contribution in [3.05, 3.63) is 30.2 Å². The molecular weight excluding hydrogens is 346 g/mol. The van der Waals surface area contributed by atoms with Gasteiger partial charge in [0.2, 0.25) is 5.91 Å². The monoisotopic (exact) mass is 373 g/mol. The number of pyridine rings is 1.